The molecule has 0 aliphatic heterocycles. The van der Waals surface area contributed by atoms with Crippen molar-refractivity contribution < 1.29 is 4.57 Å². The molecule has 1 N–H and O–H groups in total. The number of nitrogens with one attached hydrogen (secondary N) is 1. The fourth-order valence-corrected chi connectivity index (χ4v) is 6.61. The Morgan fingerprint density at radius 3 is 1.85 bits per heavy atom. The van der Waals surface area contributed by atoms with Gasteiger partial charge in [-0.1, -0.05) is 66.2 Å². The first kappa shape index (κ1) is 18.6. The van der Waals surface area contributed by atoms with Crippen molar-refractivity contribution in [1.82, 2.24) is 5.09 Å². The van der Waals surface area contributed by atoms with Crippen LogP contribution in [0.1, 0.15) is 35.2 Å². The highest BCUT2D eigenvalue weighted by molar-refractivity contribution is 7.77. The zero-order chi connectivity index (χ0) is 18.7. The van der Waals surface area contributed by atoms with E-state index in [0.29, 0.717) is 0 Å². The molecule has 3 heteroatoms. The van der Waals surface area contributed by atoms with Crippen molar-refractivity contribution in [3.63, 3.8) is 0 Å². The van der Waals surface area contributed by atoms with Crippen molar-refractivity contribution >= 4 is 17.9 Å². The summed E-state index contributed by atoms with van der Waals surface area (Å²) < 4.78 is 14.4. The van der Waals surface area contributed by atoms with Crippen molar-refractivity contribution in [2.75, 3.05) is 0 Å². The minimum atomic E-state index is -2.99. The normalized spacial score (nSPS) is 14.6. The van der Waals surface area contributed by atoms with Crippen molar-refractivity contribution in [3.05, 3.63) is 95.1 Å². The zero-order valence-electron chi connectivity index (χ0n) is 15.9. The zero-order valence-corrected chi connectivity index (χ0v) is 16.8. The maximum Gasteiger partial charge on any atom is 0.205 e. The fraction of sp³-hybridized carbons (Fsp3) is 0.217. The smallest absolute Gasteiger partial charge is 0.205 e. The number of rotatable bonds is 5. The van der Waals surface area contributed by atoms with E-state index in [4.69, 9.17) is 0 Å². The molecule has 1 unspecified atom stereocenters. The molecule has 134 valence electrons. The van der Waals surface area contributed by atoms with Gasteiger partial charge in [-0.05, 0) is 56.5 Å². The second kappa shape index (κ2) is 7.61. The summed E-state index contributed by atoms with van der Waals surface area (Å²) in [5.41, 5.74) is 4.47. The molecule has 0 saturated heterocycles. The molecule has 0 bridgehead atoms. The summed E-state index contributed by atoms with van der Waals surface area (Å²) in [6.45, 7) is 8.26. The van der Waals surface area contributed by atoms with Gasteiger partial charge in [0, 0.05) is 16.7 Å². The van der Waals surface area contributed by atoms with Crippen LogP contribution < -0.4 is 15.7 Å². The molecule has 2 nitrogen and oxygen atoms in total. The van der Waals surface area contributed by atoms with Crippen molar-refractivity contribution in [3.8, 4) is 0 Å². The molecule has 26 heavy (non-hydrogen) atoms. The maximum atomic E-state index is 14.4. The van der Waals surface area contributed by atoms with E-state index in [2.05, 4.69) is 57.0 Å². The van der Waals surface area contributed by atoms with Gasteiger partial charge in [0.2, 0.25) is 7.29 Å². The topological polar surface area (TPSA) is 29.1 Å². The van der Waals surface area contributed by atoms with E-state index in [0.717, 1.165) is 27.3 Å². The third-order valence-corrected chi connectivity index (χ3v) is 7.86. The molecule has 0 aliphatic carbocycles. The fourth-order valence-electron chi connectivity index (χ4n) is 3.66. The van der Waals surface area contributed by atoms with Crippen LogP contribution in [0.2, 0.25) is 0 Å². The lowest BCUT2D eigenvalue weighted by Crippen LogP contribution is -2.32. The minimum absolute atomic E-state index is 0.0256. The molecule has 3 aromatic carbocycles. The monoisotopic (exact) mass is 363 g/mol. The number of benzene rings is 3. The van der Waals surface area contributed by atoms with Crippen LogP contribution in [0.25, 0.3) is 0 Å². The third kappa shape index (κ3) is 3.67. The molecule has 0 aliphatic rings. The molecule has 3 rings (SSSR count). The van der Waals surface area contributed by atoms with E-state index in [-0.39, 0.29) is 6.04 Å². The van der Waals surface area contributed by atoms with Gasteiger partial charge in [0.1, 0.15) is 0 Å². The Labute approximate surface area is 156 Å². The van der Waals surface area contributed by atoms with Crippen LogP contribution in [0.15, 0.2) is 72.8 Å². The van der Waals surface area contributed by atoms with Crippen LogP contribution in [0.3, 0.4) is 0 Å². The summed E-state index contributed by atoms with van der Waals surface area (Å²) in [7, 11) is -2.99. The molecule has 0 spiro atoms. The summed E-state index contributed by atoms with van der Waals surface area (Å²) in [6, 6.07) is 24.2. The van der Waals surface area contributed by atoms with E-state index in [1.165, 1.54) is 5.56 Å². The Morgan fingerprint density at radius 2 is 1.31 bits per heavy atom. The summed E-state index contributed by atoms with van der Waals surface area (Å²) in [6.07, 6.45) is 0. The average molecular weight is 363 g/mol. The van der Waals surface area contributed by atoms with Crippen molar-refractivity contribution in [2.24, 2.45) is 0 Å². The largest absolute Gasteiger partial charge is 0.296 e. The molecular formula is C23H26NOP. The molecule has 3 aromatic rings. The summed E-state index contributed by atoms with van der Waals surface area (Å²) in [5.74, 6) is 0. The molecular weight excluding hydrogens is 337 g/mol. The first-order valence-electron chi connectivity index (χ1n) is 8.98. The molecule has 0 aromatic heterocycles. The standard InChI is InChI=1S/C23H26NOP/c1-17-15-18(2)23(19(3)16-17)26(25,22-13-9-6-10-14-22)24-20(4)21-11-7-5-8-12-21/h5-16,20H,1-4H3,(H,24,25)/t20-,26?/m0/s1. The van der Waals surface area contributed by atoms with Crippen LogP contribution >= 0.6 is 7.29 Å². The Morgan fingerprint density at radius 1 is 0.808 bits per heavy atom. The lowest BCUT2D eigenvalue weighted by molar-refractivity contribution is 0.568. The number of aryl methyl sites for hydroxylation is 3. The third-order valence-electron chi connectivity index (χ3n) is 4.75. The highest BCUT2D eigenvalue weighted by Gasteiger charge is 2.32. The van der Waals surface area contributed by atoms with E-state index in [9.17, 15) is 4.57 Å². The van der Waals surface area contributed by atoms with Gasteiger partial charge in [-0.15, -0.1) is 0 Å². The van der Waals surface area contributed by atoms with Gasteiger partial charge in [0.05, 0.1) is 0 Å². The first-order chi connectivity index (χ1) is 12.4. The van der Waals surface area contributed by atoms with Gasteiger partial charge in [-0.2, -0.15) is 0 Å². The van der Waals surface area contributed by atoms with Gasteiger partial charge in [0.15, 0.2) is 0 Å². The first-order valence-corrected chi connectivity index (χ1v) is 10.7. The predicted octanol–water partition coefficient (Wildman–Crippen LogP) is 5.19. The molecule has 0 radical (unpaired) electrons. The molecule has 2 atom stereocenters. The van der Waals surface area contributed by atoms with Crippen LogP contribution in [-0.2, 0) is 4.57 Å². The molecule has 0 heterocycles. The highest BCUT2D eigenvalue weighted by atomic mass is 31.2. The van der Waals surface area contributed by atoms with Crippen LogP contribution in [0.5, 0.6) is 0 Å². The second-order valence-electron chi connectivity index (χ2n) is 6.95. The maximum absolute atomic E-state index is 14.4. The van der Waals surface area contributed by atoms with Crippen LogP contribution in [-0.4, -0.2) is 0 Å². The Kier molecular flexibility index (Phi) is 5.46. The molecule has 0 amide bonds. The lowest BCUT2D eigenvalue weighted by Gasteiger charge is -2.28. The van der Waals surface area contributed by atoms with Crippen LogP contribution in [0.4, 0.5) is 0 Å². The van der Waals surface area contributed by atoms with Gasteiger partial charge < -0.3 is 0 Å². The number of hydrogen-bond donors (Lipinski definition) is 1. The van der Waals surface area contributed by atoms with E-state index < -0.39 is 7.29 Å². The summed E-state index contributed by atoms with van der Waals surface area (Å²) >= 11 is 0. The Hall–Kier alpha value is -2.15. The minimum Gasteiger partial charge on any atom is -0.296 e. The van der Waals surface area contributed by atoms with Crippen molar-refractivity contribution in [1.29, 1.82) is 0 Å². The molecule has 0 saturated carbocycles. The Bertz CT molecular complexity index is 912. The summed E-state index contributed by atoms with van der Waals surface area (Å²) in [5, 5.41) is 5.27. The van der Waals surface area contributed by atoms with Crippen molar-refractivity contribution in [2.45, 2.75) is 33.7 Å². The van der Waals surface area contributed by atoms with Gasteiger partial charge in [-0.3, -0.25) is 9.65 Å². The quantitative estimate of drug-likeness (QED) is 0.632. The molecule has 0 fully saturated rings. The van der Waals surface area contributed by atoms with E-state index in [1.807, 2.05) is 48.5 Å². The summed E-state index contributed by atoms with van der Waals surface area (Å²) in [4.78, 5) is 0. The second-order valence-corrected chi connectivity index (χ2v) is 9.39. The van der Waals surface area contributed by atoms with Crippen LogP contribution in [0, 0.1) is 20.8 Å². The predicted molar refractivity (Wildman–Crippen MR) is 112 cm³/mol. The average Bonchev–Trinajstić information content (AvgIpc) is 2.62. The van der Waals surface area contributed by atoms with E-state index in [1.54, 1.807) is 0 Å². The lowest BCUT2D eigenvalue weighted by atomic mass is 10.1. The number of hydrogen-bond acceptors (Lipinski definition) is 1. The van der Waals surface area contributed by atoms with Gasteiger partial charge in [-0.25, -0.2) is 0 Å². The SMILES string of the molecule is Cc1cc(C)c(P(=O)(N[C@@H](C)c2ccccc2)c2ccccc2)c(C)c1. The van der Waals surface area contributed by atoms with Gasteiger partial charge in [0.25, 0.3) is 0 Å². The van der Waals surface area contributed by atoms with Gasteiger partial charge >= 0.3 is 0 Å². The Balaban J connectivity index is 2.14. The highest BCUT2D eigenvalue weighted by Crippen LogP contribution is 2.43. The van der Waals surface area contributed by atoms with E-state index >= 15 is 0 Å².